The molecule has 0 saturated heterocycles. The molecule has 1 heterocycles. The van der Waals surface area contributed by atoms with E-state index in [4.69, 9.17) is 11.6 Å². The van der Waals surface area contributed by atoms with Crippen LogP contribution in [0.1, 0.15) is 12.5 Å². The van der Waals surface area contributed by atoms with Crippen molar-refractivity contribution in [2.75, 3.05) is 10.0 Å². The van der Waals surface area contributed by atoms with Gasteiger partial charge >= 0.3 is 0 Å². The third-order valence-electron chi connectivity index (χ3n) is 3.39. The van der Waals surface area contributed by atoms with Gasteiger partial charge in [0.2, 0.25) is 0 Å². The lowest BCUT2D eigenvalue weighted by Gasteiger charge is -2.09. The molecule has 1 atom stereocenters. The average Bonchev–Trinajstić information content (AvgIpc) is 2.77. The maximum Gasteiger partial charge on any atom is 0.261 e. The van der Waals surface area contributed by atoms with Crippen LogP contribution in [0.15, 0.2) is 47.4 Å². The quantitative estimate of drug-likeness (QED) is 0.909. The number of rotatable bonds is 3. The van der Waals surface area contributed by atoms with Gasteiger partial charge in [0.25, 0.3) is 10.0 Å². The first kappa shape index (κ1) is 14.2. The van der Waals surface area contributed by atoms with E-state index in [9.17, 15) is 8.42 Å². The summed E-state index contributed by atoms with van der Waals surface area (Å²) in [7, 11) is -3.61. The first-order valence-electron chi connectivity index (χ1n) is 6.62. The second-order valence-electron chi connectivity index (χ2n) is 5.18. The van der Waals surface area contributed by atoms with Gasteiger partial charge in [-0.25, -0.2) is 8.42 Å². The molecule has 4 nitrogen and oxygen atoms in total. The number of hydrogen-bond acceptors (Lipinski definition) is 3. The molecule has 0 aromatic heterocycles. The molecule has 0 spiro atoms. The van der Waals surface area contributed by atoms with Gasteiger partial charge in [-0.1, -0.05) is 17.7 Å². The number of sulfonamides is 1. The summed E-state index contributed by atoms with van der Waals surface area (Å²) < 4.78 is 27.4. The molecule has 0 unspecified atom stereocenters. The molecule has 0 saturated carbocycles. The summed E-state index contributed by atoms with van der Waals surface area (Å²) in [6.07, 6.45) is 0.829. The summed E-state index contributed by atoms with van der Waals surface area (Å²) in [5.74, 6) is 0. The molecule has 6 heteroatoms. The van der Waals surface area contributed by atoms with Crippen molar-refractivity contribution in [3.63, 3.8) is 0 Å². The van der Waals surface area contributed by atoms with Crippen LogP contribution in [0.4, 0.5) is 11.4 Å². The molecule has 0 fully saturated rings. The van der Waals surface area contributed by atoms with Crippen molar-refractivity contribution >= 4 is 33.0 Å². The fourth-order valence-corrected chi connectivity index (χ4v) is 3.75. The molecule has 1 aliphatic heterocycles. The second kappa shape index (κ2) is 5.24. The zero-order valence-electron chi connectivity index (χ0n) is 11.4. The predicted octanol–water partition coefficient (Wildman–Crippen LogP) is 3.50. The fraction of sp³-hybridized carbons (Fsp3) is 0.200. The van der Waals surface area contributed by atoms with Gasteiger partial charge in [0.05, 0.1) is 10.6 Å². The van der Waals surface area contributed by atoms with Crippen LogP contribution in [-0.2, 0) is 16.4 Å². The summed E-state index contributed by atoms with van der Waals surface area (Å²) in [5.41, 5.74) is 2.48. The normalized spacial score (nSPS) is 17.1. The minimum atomic E-state index is -3.61. The van der Waals surface area contributed by atoms with E-state index >= 15 is 0 Å². The molecule has 0 aliphatic carbocycles. The Balaban J connectivity index is 1.91. The van der Waals surface area contributed by atoms with E-state index in [-0.39, 0.29) is 4.90 Å². The van der Waals surface area contributed by atoms with Gasteiger partial charge in [0.15, 0.2) is 0 Å². The van der Waals surface area contributed by atoms with Crippen LogP contribution in [0.3, 0.4) is 0 Å². The van der Waals surface area contributed by atoms with Crippen LogP contribution in [0, 0.1) is 0 Å². The number of halogens is 1. The van der Waals surface area contributed by atoms with Gasteiger partial charge in [-0.2, -0.15) is 0 Å². The molecule has 1 aliphatic rings. The molecule has 0 amide bonds. The standard InChI is InChI=1S/C15H15ClN2O2S/c1-10-7-11-8-14(5-6-15(11)17-10)21(19,20)18-13-4-2-3-12(16)9-13/h2-6,8-10,17-18H,7H2,1H3/t10-/m1/s1. The van der Waals surface area contributed by atoms with E-state index in [1.165, 1.54) is 0 Å². The highest BCUT2D eigenvalue weighted by Crippen LogP contribution is 2.29. The Labute approximate surface area is 129 Å². The smallest absolute Gasteiger partial charge is 0.261 e. The Bertz CT molecular complexity index is 790. The predicted molar refractivity (Wildman–Crippen MR) is 85.5 cm³/mol. The van der Waals surface area contributed by atoms with Gasteiger partial charge in [-0.3, -0.25) is 4.72 Å². The fourth-order valence-electron chi connectivity index (χ4n) is 2.46. The summed E-state index contributed by atoms with van der Waals surface area (Å²) in [4.78, 5) is 0.261. The summed E-state index contributed by atoms with van der Waals surface area (Å²) in [6, 6.07) is 12.1. The molecule has 2 aromatic carbocycles. The van der Waals surface area contributed by atoms with E-state index in [1.807, 2.05) is 6.07 Å². The maximum atomic E-state index is 12.4. The Kier molecular flexibility index (Phi) is 3.55. The first-order chi connectivity index (χ1) is 9.94. The van der Waals surface area contributed by atoms with E-state index in [1.54, 1.807) is 36.4 Å². The Morgan fingerprint density at radius 2 is 2.05 bits per heavy atom. The van der Waals surface area contributed by atoms with E-state index < -0.39 is 10.0 Å². The largest absolute Gasteiger partial charge is 0.382 e. The summed E-state index contributed by atoms with van der Waals surface area (Å²) >= 11 is 5.87. The lowest BCUT2D eigenvalue weighted by Crippen LogP contribution is -2.13. The number of fused-ring (bicyclic) bond motifs is 1. The monoisotopic (exact) mass is 322 g/mol. The van der Waals surface area contributed by atoms with Crippen LogP contribution in [0.5, 0.6) is 0 Å². The van der Waals surface area contributed by atoms with Gasteiger partial charge in [-0.15, -0.1) is 0 Å². The van der Waals surface area contributed by atoms with Crippen molar-refractivity contribution in [1.82, 2.24) is 0 Å². The SMILES string of the molecule is C[C@@H]1Cc2cc(S(=O)(=O)Nc3cccc(Cl)c3)ccc2N1. The van der Waals surface area contributed by atoms with Gasteiger partial charge in [0.1, 0.15) is 0 Å². The van der Waals surface area contributed by atoms with E-state index in [0.717, 1.165) is 17.7 Å². The zero-order chi connectivity index (χ0) is 15.0. The van der Waals surface area contributed by atoms with Crippen molar-refractivity contribution in [1.29, 1.82) is 0 Å². The molecule has 2 aromatic rings. The summed E-state index contributed by atoms with van der Waals surface area (Å²) in [5, 5.41) is 3.79. The number of hydrogen-bond donors (Lipinski definition) is 2. The molecule has 3 rings (SSSR count). The maximum absolute atomic E-state index is 12.4. The van der Waals surface area contributed by atoms with Crippen LogP contribution in [-0.4, -0.2) is 14.5 Å². The highest BCUT2D eigenvalue weighted by atomic mass is 35.5. The minimum Gasteiger partial charge on any atom is -0.382 e. The van der Waals surface area contributed by atoms with E-state index in [2.05, 4.69) is 17.0 Å². The molecule has 2 N–H and O–H groups in total. The van der Waals surface area contributed by atoms with Gasteiger partial charge < -0.3 is 5.32 Å². The zero-order valence-corrected chi connectivity index (χ0v) is 13.0. The molecule has 0 bridgehead atoms. The average molecular weight is 323 g/mol. The van der Waals surface area contributed by atoms with Crippen LogP contribution >= 0.6 is 11.6 Å². The van der Waals surface area contributed by atoms with Crippen molar-refractivity contribution in [2.45, 2.75) is 24.3 Å². The third kappa shape index (κ3) is 2.99. The molecule has 110 valence electrons. The number of anilines is 2. The Hall–Kier alpha value is -1.72. The van der Waals surface area contributed by atoms with Crippen molar-refractivity contribution in [2.24, 2.45) is 0 Å². The molecule has 21 heavy (non-hydrogen) atoms. The first-order valence-corrected chi connectivity index (χ1v) is 8.48. The number of benzene rings is 2. The van der Waals surface area contributed by atoms with E-state index in [0.29, 0.717) is 16.8 Å². The van der Waals surface area contributed by atoms with Crippen molar-refractivity contribution in [3.8, 4) is 0 Å². The molecular formula is C15H15ClN2O2S. The Morgan fingerprint density at radius 1 is 1.24 bits per heavy atom. The topological polar surface area (TPSA) is 58.2 Å². The third-order valence-corrected chi connectivity index (χ3v) is 5.01. The van der Waals surface area contributed by atoms with Crippen LogP contribution in [0.2, 0.25) is 5.02 Å². The van der Waals surface area contributed by atoms with Gasteiger partial charge in [0, 0.05) is 16.8 Å². The highest BCUT2D eigenvalue weighted by Gasteiger charge is 2.21. The van der Waals surface area contributed by atoms with Crippen LogP contribution < -0.4 is 10.0 Å². The molecular weight excluding hydrogens is 308 g/mol. The second-order valence-corrected chi connectivity index (χ2v) is 7.30. The van der Waals surface area contributed by atoms with Gasteiger partial charge in [-0.05, 0) is 55.3 Å². The Morgan fingerprint density at radius 3 is 2.81 bits per heavy atom. The van der Waals surface area contributed by atoms with Crippen LogP contribution in [0.25, 0.3) is 0 Å². The summed E-state index contributed by atoms with van der Waals surface area (Å²) in [6.45, 7) is 2.07. The lowest BCUT2D eigenvalue weighted by atomic mass is 10.1. The minimum absolute atomic E-state index is 0.261. The molecule has 0 radical (unpaired) electrons. The van der Waals surface area contributed by atoms with Crippen molar-refractivity contribution in [3.05, 3.63) is 53.1 Å². The lowest BCUT2D eigenvalue weighted by molar-refractivity contribution is 0.601. The van der Waals surface area contributed by atoms with Crippen molar-refractivity contribution < 1.29 is 8.42 Å². The highest BCUT2D eigenvalue weighted by molar-refractivity contribution is 7.92. The number of nitrogens with one attached hydrogen (secondary N) is 2.